The second-order valence-electron chi connectivity index (χ2n) is 7.20. The van der Waals surface area contributed by atoms with Gasteiger partial charge in [0, 0.05) is 6.42 Å². The Morgan fingerprint density at radius 2 is 1.72 bits per heavy atom. The minimum Gasteiger partial charge on any atom is -0.497 e. The maximum atomic E-state index is 12.8. The summed E-state index contributed by atoms with van der Waals surface area (Å²) in [5.41, 5.74) is 1.78. The van der Waals surface area contributed by atoms with E-state index < -0.39 is 0 Å². The van der Waals surface area contributed by atoms with Gasteiger partial charge in [-0.05, 0) is 48.4 Å². The van der Waals surface area contributed by atoms with E-state index in [-0.39, 0.29) is 24.3 Å². The number of quaternary nitrogens is 1. The second-order valence-corrected chi connectivity index (χ2v) is 7.20. The van der Waals surface area contributed by atoms with Crippen LogP contribution in [0, 0.1) is 0 Å². The van der Waals surface area contributed by atoms with Gasteiger partial charge in [0.1, 0.15) is 11.5 Å². The fraction of sp³-hybridized carbons (Fsp3) is 0.391. The van der Waals surface area contributed by atoms with Crippen molar-refractivity contribution in [2.75, 3.05) is 25.2 Å². The fourth-order valence-electron chi connectivity index (χ4n) is 3.38. The van der Waals surface area contributed by atoms with Crippen LogP contribution in [0.15, 0.2) is 48.5 Å². The molecular formula is C23H29N2O4+. The van der Waals surface area contributed by atoms with Crippen LogP contribution in [0.25, 0.3) is 0 Å². The van der Waals surface area contributed by atoms with E-state index in [1.165, 1.54) is 10.5 Å². The number of anilines is 1. The molecule has 1 saturated heterocycles. The predicted molar refractivity (Wildman–Crippen MR) is 111 cm³/mol. The van der Waals surface area contributed by atoms with Gasteiger partial charge in [-0.1, -0.05) is 25.5 Å². The Labute approximate surface area is 171 Å². The van der Waals surface area contributed by atoms with Crippen LogP contribution in [0.5, 0.6) is 11.5 Å². The van der Waals surface area contributed by atoms with Gasteiger partial charge in [-0.2, -0.15) is 0 Å². The van der Waals surface area contributed by atoms with E-state index in [1.807, 2.05) is 41.7 Å². The van der Waals surface area contributed by atoms with Crippen molar-refractivity contribution in [1.29, 1.82) is 0 Å². The molecule has 6 heteroatoms. The largest absolute Gasteiger partial charge is 0.497 e. The number of unbranched alkanes of at least 4 members (excludes halogenated alkanes) is 1. The molecule has 2 amide bonds. The van der Waals surface area contributed by atoms with Crippen LogP contribution in [0.4, 0.5) is 5.69 Å². The maximum Gasteiger partial charge on any atom is 0.292 e. The van der Waals surface area contributed by atoms with Gasteiger partial charge in [-0.15, -0.1) is 0 Å². The lowest BCUT2D eigenvalue weighted by molar-refractivity contribution is -0.674. The Hall–Kier alpha value is -2.86. The van der Waals surface area contributed by atoms with Crippen molar-refractivity contribution < 1.29 is 24.4 Å². The van der Waals surface area contributed by atoms with Crippen LogP contribution >= 0.6 is 0 Å². The molecule has 1 heterocycles. The molecule has 0 aromatic heterocycles. The van der Waals surface area contributed by atoms with Crippen molar-refractivity contribution in [3.63, 3.8) is 0 Å². The summed E-state index contributed by atoms with van der Waals surface area (Å²) in [5.74, 6) is 1.28. The summed E-state index contributed by atoms with van der Waals surface area (Å²) in [7, 11) is 1.64. The number of hydrogen-bond acceptors (Lipinski definition) is 4. The molecule has 1 atom stereocenters. The average Bonchev–Trinajstić information content (AvgIpc) is 3.02. The van der Waals surface area contributed by atoms with E-state index in [9.17, 15) is 9.59 Å². The first kappa shape index (κ1) is 20.9. The first-order chi connectivity index (χ1) is 14.1. The van der Waals surface area contributed by atoms with Gasteiger partial charge < -0.3 is 14.8 Å². The molecule has 2 aromatic rings. The lowest BCUT2D eigenvalue weighted by atomic mass is 10.1. The number of rotatable bonds is 10. The number of benzene rings is 2. The Morgan fingerprint density at radius 3 is 2.38 bits per heavy atom. The summed E-state index contributed by atoms with van der Waals surface area (Å²) in [6.07, 6.45) is 3.13. The SMILES string of the molecule is CCCCOc1ccc(N2C(=O)C[C@@H]([NH2+]CCc3ccc(OC)cc3)C2=O)cc1. The molecule has 154 valence electrons. The molecule has 1 aliphatic rings. The summed E-state index contributed by atoms with van der Waals surface area (Å²) in [6.45, 7) is 3.53. The van der Waals surface area contributed by atoms with Gasteiger partial charge in [0.2, 0.25) is 5.91 Å². The van der Waals surface area contributed by atoms with Crippen molar-refractivity contribution in [2.45, 2.75) is 38.6 Å². The van der Waals surface area contributed by atoms with E-state index in [1.54, 1.807) is 19.2 Å². The van der Waals surface area contributed by atoms with E-state index in [0.717, 1.165) is 37.3 Å². The standard InChI is InChI=1S/C23H28N2O4/c1-3-4-15-29-20-11-7-18(8-12-20)25-22(26)16-21(23(25)27)24-14-13-17-5-9-19(28-2)10-6-17/h5-12,21,24H,3-4,13-16H2,1-2H3/p+1/t21-/m1/s1. The van der Waals surface area contributed by atoms with Gasteiger partial charge in [-0.3, -0.25) is 9.59 Å². The number of hydrogen-bond donors (Lipinski definition) is 1. The molecule has 0 radical (unpaired) electrons. The first-order valence-corrected chi connectivity index (χ1v) is 10.2. The third-order valence-corrected chi connectivity index (χ3v) is 5.09. The molecule has 1 aliphatic heterocycles. The summed E-state index contributed by atoms with van der Waals surface area (Å²) in [5, 5.41) is 1.96. The van der Waals surface area contributed by atoms with E-state index >= 15 is 0 Å². The molecule has 29 heavy (non-hydrogen) atoms. The highest BCUT2D eigenvalue weighted by molar-refractivity contribution is 6.21. The Balaban J connectivity index is 1.53. The number of ether oxygens (including phenoxy) is 2. The number of nitrogens with two attached hydrogens (primary N) is 1. The van der Waals surface area contributed by atoms with E-state index in [4.69, 9.17) is 9.47 Å². The summed E-state index contributed by atoms with van der Waals surface area (Å²) in [4.78, 5) is 26.5. The van der Waals surface area contributed by atoms with Crippen LogP contribution in [-0.2, 0) is 16.0 Å². The predicted octanol–water partition coefficient (Wildman–Crippen LogP) is 2.31. The van der Waals surface area contributed by atoms with Crippen molar-refractivity contribution in [3.8, 4) is 11.5 Å². The Morgan fingerprint density at radius 1 is 1.03 bits per heavy atom. The number of methoxy groups -OCH3 is 1. The quantitative estimate of drug-likeness (QED) is 0.493. The summed E-state index contributed by atoms with van der Waals surface area (Å²) < 4.78 is 10.8. The summed E-state index contributed by atoms with van der Waals surface area (Å²) in [6, 6.07) is 14.7. The smallest absolute Gasteiger partial charge is 0.292 e. The Kier molecular flexibility index (Phi) is 7.25. The van der Waals surface area contributed by atoms with Crippen molar-refractivity contribution in [2.24, 2.45) is 0 Å². The van der Waals surface area contributed by atoms with E-state index in [2.05, 4.69) is 6.92 Å². The van der Waals surface area contributed by atoms with Crippen LogP contribution in [-0.4, -0.2) is 38.1 Å². The average molecular weight is 397 g/mol. The minimum atomic E-state index is -0.360. The third kappa shape index (κ3) is 5.35. The molecular weight excluding hydrogens is 368 g/mol. The highest BCUT2D eigenvalue weighted by Gasteiger charge is 2.42. The highest BCUT2D eigenvalue weighted by atomic mass is 16.5. The lowest BCUT2D eigenvalue weighted by Gasteiger charge is -2.15. The normalized spacial score (nSPS) is 16.3. The van der Waals surface area contributed by atoms with Crippen molar-refractivity contribution >= 4 is 17.5 Å². The maximum absolute atomic E-state index is 12.8. The Bertz CT molecular complexity index is 818. The molecule has 6 nitrogen and oxygen atoms in total. The van der Waals surface area contributed by atoms with Gasteiger partial charge in [0.05, 0.1) is 32.4 Å². The topological polar surface area (TPSA) is 72.4 Å². The monoisotopic (exact) mass is 397 g/mol. The zero-order valence-electron chi connectivity index (χ0n) is 17.1. The van der Waals surface area contributed by atoms with Crippen LogP contribution in [0.1, 0.15) is 31.7 Å². The fourth-order valence-corrected chi connectivity index (χ4v) is 3.38. The second kappa shape index (κ2) is 10.1. The highest BCUT2D eigenvalue weighted by Crippen LogP contribution is 2.24. The van der Waals surface area contributed by atoms with Crippen LogP contribution in [0.3, 0.4) is 0 Å². The van der Waals surface area contributed by atoms with Crippen LogP contribution < -0.4 is 19.7 Å². The number of carbonyl (C=O) groups is 2. The van der Waals surface area contributed by atoms with Gasteiger partial charge >= 0.3 is 0 Å². The first-order valence-electron chi connectivity index (χ1n) is 10.2. The number of carbonyl (C=O) groups excluding carboxylic acids is 2. The van der Waals surface area contributed by atoms with Crippen LogP contribution in [0.2, 0.25) is 0 Å². The molecule has 0 bridgehead atoms. The number of nitrogens with zero attached hydrogens (tertiary/aromatic N) is 1. The molecule has 0 unspecified atom stereocenters. The molecule has 0 spiro atoms. The molecule has 0 aliphatic carbocycles. The lowest BCUT2D eigenvalue weighted by Crippen LogP contribution is -2.92. The molecule has 2 N–H and O–H groups in total. The van der Waals surface area contributed by atoms with Gasteiger partial charge in [0.25, 0.3) is 5.91 Å². The number of amides is 2. The van der Waals surface area contributed by atoms with Gasteiger partial charge in [-0.25, -0.2) is 4.90 Å². The van der Waals surface area contributed by atoms with Crippen molar-refractivity contribution in [3.05, 3.63) is 54.1 Å². The zero-order chi connectivity index (χ0) is 20.6. The molecule has 2 aromatic carbocycles. The molecule has 1 fully saturated rings. The van der Waals surface area contributed by atoms with Gasteiger partial charge in [0.15, 0.2) is 6.04 Å². The number of imide groups is 1. The third-order valence-electron chi connectivity index (χ3n) is 5.09. The minimum absolute atomic E-state index is 0.149. The molecule has 3 rings (SSSR count). The van der Waals surface area contributed by atoms with Crippen molar-refractivity contribution in [1.82, 2.24) is 0 Å². The zero-order valence-corrected chi connectivity index (χ0v) is 17.1. The molecule has 0 saturated carbocycles. The van der Waals surface area contributed by atoms with E-state index in [0.29, 0.717) is 12.3 Å². The summed E-state index contributed by atoms with van der Waals surface area (Å²) >= 11 is 0.